The van der Waals surface area contributed by atoms with Crippen molar-refractivity contribution in [2.45, 2.75) is 6.92 Å². The fourth-order valence-corrected chi connectivity index (χ4v) is 2.36. The number of fused-ring (bicyclic) bond motifs is 1. The Kier molecular flexibility index (Phi) is 4.81. The zero-order valence-corrected chi connectivity index (χ0v) is 13.9. The number of nitrogens with zero attached hydrogens (tertiary/aromatic N) is 1. The Balaban J connectivity index is 2.05. The van der Waals surface area contributed by atoms with E-state index in [1.807, 2.05) is 6.07 Å². The Morgan fingerprint density at radius 2 is 1.92 bits per heavy atom. The predicted molar refractivity (Wildman–Crippen MR) is 92.9 cm³/mol. The third-order valence-electron chi connectivity index (χ3n) is 3.24. The number of carbonyl (C=O) groups is 2. The number of hydrogen-bond donors (Lipinski definition) is 1. The van der Waals surface area contributed by atoms with Gasteiger partial charge in [0.1, 0.15) is 11.1 Å². The Hall–Kier alpha value is -3.12. The molecule has 2 aromatic carbocycles. The van der Waals surface area contributed by atoms with Gasteiger partial charge < -0.3 is 14.6 Å². The van der Waals surface area contributed by atoms with Gasteiger partial charge in [0, 0.05) is 23.0 Å². The summed E-state index contributed by atoms with van der Waals surface area (Å²) in [5.41, 5.74) is 1.05. The highest BCUT2D eigenvalue weighted by Crippen LogP contribution is 2.17. The minimum atomic E-state index is -0.621. The van der Waals surface area contributed by atoms with Crippen molar-refractivity contribution < 1.29 is 18.8 Å². The summed E-state index contributed by atoms with van der Waals surface area (Å²) < 4.78 is 5.60. The Bertz CT molecular complexity index is 1030. The van der Waals surface area contributed by atoms with E-state index < -0.39 is 11.9 Å². The van der Waals surface area contributed by atoms with E-state index in [0.717, 1.165) is 0 Å². The molecule has 1 N–H and O–H groups in total. The Labute approximate surface area is 147 Å². The van der Waals surface area contributed by atoms with Crippen molar-refractivity contribution in [3.05, 3.63) is 70.7 Å². The molecule has 0 aliphatic rings. The van der Waals surface area contributed by atoms with E-state index in [-0.39, 0.29) is 11.1 Å². The number of benzene rings is 2. The molecule has 126 valence electrons. The van der Waals surface area contributed by atoms with E-state index in [9.17, 15) is 9.59 Å². The number of halogens is 1. The summed E-state index contributed by atoms with van der Waals surface area (Å²) in [6, 6.07) is 15.5. The predicted octanol–water partition coefficient (Wildman–Crippen LogP) is 3.72. The molecule has 1 heterocycles. The van der Waals surface area contributed by atoms with Crippen LogP contribution in [-0.2, 0) is 9.63 Å². The van der Waals surface area contributed by atoms with Gasteiger partial charge in [0.05, 0.1) is 0 Å². The van der Waals surface area contributed by atoms with Crippen LogP contribution in [0.3, 0.4) is 0 Å². The molecule has 3 rings (SSSR count). The van der Waals surface area contributed by atoms with E-state index >= 15 is 0 Å². The highest BCUT2D eigenvalue weighted by molar-refractivity contribution is 6.31. The lowest BCUT2D eigenvalue weighted by molar-refractivity contribution is -0.141. The second-order valence-corrected chi connectivity index (χ2v) is 5.58. The third kappa shape index (κ3) is 4.05. The number of rotatable bonds is 3. The zero-order chi connectivity index (χ0) is 17.8. The van der Waals surface area contributed by atoms with E-state index in [1.165, 1.54) is 6.92 Å². The molecule has 7 heteroatoms. The van der Waals surface area contributed by atoms with Gasteiger partial charge >= 0.3 is 5.97 Å². The van der Waals surface area contributed by atoms with E-state index in [1.54, 1.807) is 48.5 Å². The smallest absolute Gasteiger partial charge is 0.332 e. The quantitative estimate of drug-likeness (QED) is 0.573. The first-order valence-electron chi connectivity index (χ1n) is 7.34. The number of para-hydroxylation sites is 1. The van der Waals surface area contributed by atoms with Crippen molar-refractivity contribution in [2.24, 2.45) is 5.16 Å². The molecular weight excluding hydrogens is 344 g/mol. The molecular formula is C18H13ClN2O4. The summed E-state index contributed by atoms with van der Waals surface area (Å²) in [6.07, 6.45) is 0. The molecule has 1 amide bonds. The molecule has 3 aromatic rings. The molecule has 25 heavy (non-hydrogen) atoms. The van der Waals surface area contributed by atoms with Crippen LogP contribution in [0, 0.1) is 0 Å². The number of hydrogen-bond acceptors (Lipinski definition) is 5. The highest BCUT2D eigenvalue weighted by atomic mass is 35.5. The summed E-state index contributed by atoms with van der Waals surface area (Å²) in [5, 5.41) is 7.54. The molecule has 6 nitrogen and oxygen atoms in total. The minimum Gasteiger partial charge on any atom is -0.435 e. The van der Waals surface area contributed by atoms with Crippen molar-refractivity contribution in [2.75, 3.05) is 5.32 Å². The third-order valence-corrected chi connectivity index (χ3v) is 3.48. The molecule has 0 fully saturated rings. The molecule has 0 bridgehead atoms. The zero-order valence-electron chi connectivity index (χ0n) is 13.2. The topological polar surface area (TPSA) is 80.9 Å². The molecule has 0 saturated carbocycles. The summed E-state index contributed by atoms with van der Waals surface area (Å²) >= 11 is 5.92. The lowest BCUT2D eigenvalue weighted by Crippen LogP contribution is -2.22. The van der Waals surface area contributed by atoms with Crippen LogP contribution in [0.15, 0.2) is 64.2 Å². The molecule has 0 radical (unpaired) electrons. The van der Waals surface area contributed by atoms with Gasteiger partial charge in [-0.15, -0.1) is 0 Å². The van der Waals surface area contributed by atoms with Gasteiger partial charge in [0.15, 0.2) is 0 Å². The summed E-state index contributed by atoms with van der Waals surface area (Å²) in [6.45, 7) is 1.20. The van der Waals surface area contributed by atoms with Crippen LogP contribution in [0.5, 0.6) is 0 Å². The molecule has 0 unspecified atom stereocenters. The number of amides is 1. The fraction of sp³-hybridized carbons (Fsp3) is 0.0556. The van der Waals surface area contributed by atoms with Crippen LogP contribution in [0.2, 0.25) is 5.02 Å². The summed E-state index contributed by atoms with van der Waals surface area (Å²) in [5.74, 6) is -1.09. The van der Waals surface area contributed by atoms with E-state index in [4.69, 9.17) is 16.0 Å². The molecule has 0 saturated heterocycles. The number of nitrogens with one attached hydrogen (secondary N) is 1. The molecule has 0 spiro atoms. The SMILES string of the molecule is CC(=O)O/N=c1\oc2ccccc2cc1C(=O)Nc1cccc(Cl)c1. The summed E-state index contributed by atoms with van der Waals surface area (Å²) in [7, 11) is 0. The first-order valence-corrected chi connectivity index (χ1v) is 7.72. The van der Waals surface area contributed by atoms with Gasteiger partial charge in [-0.05, 0) is 35.5 Å². The van der Waals surface area contributed by atoms with Gasteiger partial charge in [0.2, 0.25) is 0 Å². The lowest BCUT2D eigenvalue weighted by Gasteiger charge is -2.07. The number of carbonyl (C=O) groups excluding carboxylic acids is 2. The first kappa shape index (κ1) is 16.7. The maximum atomic E-state index is 12.6. The van der Waals surface area contributed by atoms with E-state index in [2.05, 4.69) is 15.3 Å². The van der Waals surface area contributed by atoms with Crippen molar-refractivity contribution in [1.29, 1.82) is 0 Å². The van der Waals surface area contributed by atoms with Crippen LogP contribution < -0.4 is 10.9 Å². The second-order valence-electron chi connectivity index (χ2n) is 5.14. The van der Waals surface area contributed by atoms with Crippen LogP contribution in [-0.4, -0.2) is 11.9 Å². The van der Waals surface area contributed by atoms with Crippen molar-refractivity contribution in [3.8, 4) is 0 Å². The highest BCUT2D eigenvalue weighted by Gasteiger charge is 2.14. The average Bonchev–Trinajstić information content (AvgIpc) is 2.59. The largest absolute Gasteiger partial charge is 0.435 e. The lowest BCUT2D eigenvalue weighted by atomic mass is 10.1. The van der Waals surface area contributed by atoms with Crippen LogP contribution in [0.25, 0.3) is 11.0 Å². The van der Waals surface area contributed by atoms with Gasteiger partial charge in [-0.1, -0.05) is 35.9 Å². The van der Waals surface area contributed by atoms with Crippen LogP contribution in [0.1, 0.15) is 17.3 Å². The molecule has 0 aliphatic carbocycles. The monoisotopic (exact) mass is 356 g/mol. The molecule has 0 aliphatic heterocycles. The molecule has 1 aromatic heterocycles. The fourth-order valence-electron chi connectivity index (χ4n) is 2.17. The van der Waals surface area contributed by atoms with Crippen LogP contribution in [0.4, 0.5) is 5.69 Å². The van der Waals surface area contributed by atoms with Crippen molar-refractivity contribution >= 4 is 40.1 Å². The van der Waals surface area contributed by atoms with Gasteiger partial charge in [-0.25, -0.2) is 4.79 Å². The van der Waals surface area contributed by atoms with E-state index in [0.29, 0.717) is 21.7 Å². The standard InChI is InChI=1S/C18H13ClN2O4/c1-11(22)25-21-18-15(9-12-5-2-3-8-16(12)24-18)17(23)20-14-7-4-6-13(19)10-14/h2-10H,1H3,(H,20,23)/b21-18-. The number of anilines is 1. The Morgan fingerprint density at radius 3 is 2.68 bits per heavy atom. The minimum absolute atomic E-state index is 0.103. The van der Waals surface area contributed by atoms with Crippen molar-refractivity contribution in [3.63, 3.8) is 0 Å². The average molecular weight is 357 g/mol. The van der Waals surface area contributed by atoms with Crippen molar-refractivity contribution in [1.82, 2.24) is 0 Å². The van der Waals surface area contributed by atoms with Crippen LogP contribution >= 0.6 is 11.6 Å². The normalized spacial score (nSPS) is 11.4. The van der Waals surface area contributed by atoms with Gasteiger partial charge in [-0.2, -0.15) is 0 Å². The maximum Gasteiger partial charge on any atom is 0.332 e. The second kappa shape index (κ2) is 7.19. The van der Waals surface area contributed by atoms with Gasteiger partial charge in [0.25, 0.3) is 11.5 Å². The first-order chi connectivity index (χ1) is 12.0. The summed E-state index contributed by atoms with van der Waals surface area (Å²) in [4.78, 5) is 28.3. The molecule has 0 atom stereocenters. The maximum absolute atomic E-state index is 12.6. The Morgan fingerprint density at radius 1 is 1.12 bits per heavy atom. The van der Waals surface area contributed by atoms with Gasteiger partial charge in [-0.3, -0.25) is 4.79 Å².